The van der Waals surface area contributed by atoms with E-state index in [-0.39, 0.29) is 5.91 Å². The SMILES string of the molecule is CCc1ccc(NC(=O)CCCCl)cc1. The van der Waals surface area contributed by atoms with E-state index >= 15 is 0 Å². The number of carbonyl (C=O) groups is 1. The number of halogens is 1. The Morgan fingerprint density at radius 3 is 2.53 bits per heavy atom. The molecule has 0 aromatic heterocycles. The number of nitrogens with one attached hydrogen (secondary N) is 1. The minimum absolute atomic E-state index is 0.0277. The molecule has 0 unspecified atom stereocenters. The van der Waals surface area contributed by atoms with Crippen LogP contribution in [-0.2, 0) is 11.2 Å². The van der Waals surface area contributed by atoms with Gasteiger partial charge in [0.2, 0.25) is 5.91 Å². The zero-order valence-electron chi connectivity index (χ0n) is 8.92. The molecule has 0 aliphatic heterocycles. The van der Waals surface area contributed by atoms with Crippen molar-refractivity contribution in [2.45, 2.75) is 26.2 Å². The first-order valence-corrected chi connectivity index (χ1v) is 5.74. The maximum absolute atomic E-state index is 11.4. The fourth-order valence-corrected chi connectivity index (χ4v) is 1.41. The van der Waals surface area contributed by atoms with Crippen molar-refractivity contribution in [1.82, 2.24) is 0 Å². The summed E-state index contributed by atoms with van der Waals surface area (Å²) in [6.45, 7) is 2.11. The first-order chi connectivity index (χ1) is 7.26. The highest BCUT2D eigenvalue weighted by molar-refractivity contribution is 6.18. The van der Waals surface area contributed by atoms with Crippen LogP contribution >= 0.6 is 11.6 Å². The van der Waals surface area contributed by atoms with Gasteiger partial charge in [-0.05, 0) is 30.5 Å². The van der Waals surface area contributed by atoms with Gasteiger partial charge in [0.1, 0.15) is 0 Å². The van der Waals surface area contributed by atoms with Gasteiger partial charge < -0.3 is 5.32 Å². The molecule has 15 heavy (non-hydrogen) atoms. The fraction of sp³-hybridized carbons (Fsp3) is 0.417. The van der Waals surface area contributed by atoms with Gasteiger partial charge in [-0.3, -0.25) is 4.79 Å². The molecule has 0 heterocycles. The van der Waals surface area contributed by atoms with Crippen LogP contribution in [0.4, 0.5) is 5.69 Å². The quantitative estimate of drug-likeness (QED) is 0.767. The van der Waals surface area contributed by atoms with Crippen LogP contribution in [0.5, 0.6) is 0 Å². The average molecular weight is 226 g/mol. The lowest BCUT2D eigenvalue weighted by atomic mass is 10.1. The predicted octanol–water partition coefficient (Wildman–Crippen LogP) is 3.21. The van der Waals surface area contributed by atoms with Gasteiger partial charge in [0.05, 0.1) is 0 Å². The minimum atomic E-state index is 0.0277. The van der Waals surface area contributed by atoms with E-state index in [0.29, 0.717) is 12.3 Å². The lowest BCUT2D eigenvalue weighted by molar-refractivity contribution is -0.116. The van der Waals surface area contributed by atoms with Crippen molar-refractivity contribution in [2.24, 2.45) is 0 Å². The molecule has 1 N–H and O–H groups in total. The molecule has 0 radical (unpaired) electrons. The van der Waals surface area contributed by atoms with Crippen molar-refractivity contribution < 1.29 is 4.79 Å². The van der Waals surface area contributed by atoms with Crippen LogP contribution in [0.3, 0.4) is 0 Å². The maximum atomic E-state index is 11.4. The first kappa shape index (κ1) is 12.1. The lowest BCUT2D eigenvalue weighted by Crippen LogP contribution is -2.11. The van der Waals surface area contributed by atoms with Crippen LogP contribution in [0.2, 0.25) is 0 Å². The Morgan fingerprint density at radius 1 is 1.33 bits per heavy atom. The van der Waals surface area contributed by atoms with Crippen LogP contribution in [-0.4, -0.2) is 11.8 Å². The number of benzene rings is 1. The van der Waals surface area contributed by atoms with Crippen molar-refractivity contribution in [3.8, 4) is 0 Å². The Hall–Kier alpha value is -1.02. The third kappa shape index (κ3) is 4.34. The van der Waals surface area contributed by atoms with E-state index in [0.717, 1.165) is 18.5 Å². The van der Waals surface area contributed by atoms with Crippen molar-refractivity contribution >= 4 is 23.2 Å². The molecular formula is C12H16ClNO. The third-order valence-corrected chi connectivity index (χ3v) is 2.45. The summed E-state index contributed by atoms with van der Waals surface area (Å²) < 4.78 is 0. The van der Waals surface area contributed by atoms with E-state index in [1.165, 1.54) is 5.56 Å². The molecule has 0 saturated heterocycles. The number of rotatable bonds is 5. The van der Waals surface area contributed by atoms with Gasteiger partial charge in [0, 0.05) is 18.0 Å². The second kappa shape index (κ2) is 6.46. The second-order valence-corrected chi connectivity index (χ2v) is 3.77. The molecular weight excluding hydrogens is 210 g/mol. The summed E-state index contributed by atoms with van der Waals surface area (Å²) >= 11 is 5.51. The fourth-order valence-electron chi connectivity index (χ4n) is 1.27. The molecule has 1 aromatic carbocycles. The molecule has 1 amide bonds. The van der Waals surface area contributed by atoms with Crippen LogP contribution in [0, 0.1) is 0 Å². The summed E-state index contributed by atoms with van der Waals surface area (Å²) in [5.41, 5.74) is 2.13. The number of amides is 1. The Bertz CT molecular complexity index is 308. The molecule has 0 atom stereocenters. The van der Waals surface area contributed by atoms with Crippen LogP contribution in [0.15, 0.2) is 24.3 Å². The maximum Gasteiger partial charge on any atom is 0.224 e. The molecule has 0 aliphatic carbocycles. The van der Waals surface area contributed by atoms with Crippen molar-refractivity contribution in [1.29, 1.82) is 0 Å². The highest BCUT2D eigenvalue weighted by Gasteiger charge is 2.01. The summed E-state index contributed by atoms with van der Waals surface area (Å²) in [6, 6.07) is 7.91. The zero-order valence-corrected chi connectivity index (χ0v) is 9.68. The largest absolute Gasteiger partial charge is 0.326 e. The summed E-state index contributed by atoms with van der Waals surface area (Å²) in [7, 11) is 0. The molecule has 0 bridgehead atoms. The predicted molar refractivity (Wildman–Crippen MR) is 64.4 cm³/mol. The van der Waals surface area contributed by atoms with Crippen LogP contribution < -0.4 is 5.32 Å². The number of anilines is 1. The molecule has 2 nitrogen and oxygen atoms in total. The number of aryl methyl sites for hydroxylation is 1. The van der Waals surface area contributed by atoms with Crippen LogP contribution in [0.1, 0.15) is 25.3 Å². The Morgan fingerprint density at radius 2 is 2.00 bits per heavy atom. The van der Waals surface area contributed by atoms with Gasteiger partial charge in [0.15, 0.2) is 0 Å². The summed E-state index contributed by atoms with van der Waals surface area (Å²) in [5, 5.41) is 2.83. The van der Waals surface area contributed by atoms with E-state index in [9.17, 15) is 4.79 Å². The second-order valence-electron chi connectivity index (χ2n) is 3.39. The average Bonchev–Trinajstić information content (AvgIpc) is 2.27. The smallest absolute Gasteiger partial charge is 0.224 e. The standard InChI is InChI=1S/C12H16ClNO/c1-2-10-5-7-11(8-6-10)14-12(15)4-3-9-13/h5-8H,2-4,9H2,1H3,(H,14,15). The van der Waals surface area contributed by atoms with Crippen molar-refractivity contribution in [3.05, 3.63) is 29.8 Å². The number of hydrogen-bond donors (Lipinski definition) is 1. The number of carbonyl (C=O) groups excluding carboxylic acids is 1. The highest BCUT2D eigenvalue weighted by Crippen LogP contribution is 2.10. The number of hydrogen-bond acceptors (Lipinski definition) is 1. The summed E-state index contributed by atoms with van der Waals surface area (Å²) in [4.78, 5) is 11.4. The molecule has 0 fully saturated rings. The topological polar surface area (TPSA) is 29.1 Å². The van der Waals surface area contributed by atoms with Gasteiger partial charge in [0.25, 0.3) is 0 Å². The molecule has 3 heteroatoms. The van der Waals surface area contributed by atoms with E-state index in [4.69, 9.17) is 11.6 Å². The molecule has 82 valence electrons. The zero-order chi connectivity index (χ0) is 11.1. The van der Waals surface area contributed by atoms with Gasteiger partial charge >= 0.3 is 0 Å². The van der Waals surface area contributed by atoms with Gasteiger partial charge in [-0.15, -0.1) is 11.6 Å². The summed E-state index contributed by atoms with van der Waals surface area (Å²) in [5.74, 6) is 0.558. The normalized spacial score (nSPS) is 10.0. The monoisotopic (exact) mass is 225 g/mol. The van der Waals surface area contributed by atoms with Gasteiger partial charge in [-0.25, -0.2) is 0 Å². The molecule has 1 aromatic rings. The van der Waals surface area contributed by atoms with Gasteiger partial charge in [-0.1, -0.05) is 19.1 Å². The Labute approximate surface area is 95.6 Å². The third-order valence-electron chi connectivity index (χ3n) is 2.18. The highest BCUT2D eigenvalue weighted by atomic mass is 35.5. The van der Waals surface area contributed by atoms with Crippen molar-refractivity contribution in [2.75, 3.05) is 11.2 Å². The molecule has 0 aliphatic rings. The molecule has 0 saturated carbocycles. The van der Waals surface area contributed by atoms with E-state index < -0.39 is 0 Å². The van der Waals surface area contributed by atoms with E-state index in [2.05, 4.69) is 12.2 Å². The number of alkyl halides is 1. The molecule has 0 spiro atoms. The Kier molecular flexibility index (Phi) is 5.19. The van der Waals surface area contributed by atoms with E-state index in [1.807, 2.05) is 24.3 Å². The summed E-state index contributed by atoms with van der Waals surface area (Å²) in [6.07, 6.45) is 2.22. The first-order valence-electron chi connectivity index (χ1n) is 5.21. The van der Waals surface area contributed by atoms with Crippen LogP contribution in [0.25, 0.3) is 0 Å². The lowest BCUT2D eigenvalue weighted by Gasteiger charge is -2.05. The minimum Gasteiger partial charge on any atom is -0.326 e. The Balaban J connectivity index is 2.46. The van der Waals surface area contributed by atoms with E-state index in [1.54, 1.807) is 0 Å². The van der Waals surface area contributed by atoms with Gasteiger partial charge in [-0.2, -0.15) is 0 Å². The van der Waals surface area contributed by atoms with Crippen molar-refractivity contribution in [3.63, 3.8) is 0 Å². The molecule has 1 rings (SSSR count).